The van der Waals surface area contributed by atoms with Gasteiger partial charge in [-0.25, -0.2) is 29.0 Å². The molecule has 4 fully saturated rings. The number of esters is 2. The third-order valence-corrected chi connectivity index (χ3v) is 21.7. The number of guanidine groups is 2. The highest BCUT2D eigenvalue weighted by Crippen LogP contribution is 2.42. The number of urea groups is 2. The van der Waals surface area contributed by atoms with Crippen molar-refractivity contribution in [1.29, 1.82) is 10.8 Å². The molecule has 0 aliphatic carbocycles. The number of carbonyl (C=O) groups is 9. The fourth-order valence-corrected chi connectivity index (χ4v) is 16.3. The second-order valence-corrected chi connectivity index (χ2v) is 30.5. The molecule has 14 N–H and O–H groups in total. The monoisotopic (exact) mass is 1540 g/mol. The molecule has 586 valence electrons. The summed E-state index contributed by atoms with van der Waals surface area (Å²) in [6.45, 7) is 11.4. The summed E-state index contributed by atoms with van der Waals surface area (Å²) in [7, 11) is 0. The van der Waals surface area contributed by atoms with Gasteiger partial charge in [0.15, 0.2) is 11.9 Å². The minimum Gasteiger partial charge on any atom is -0.457 e. The van der Waals surface area contributed by atoms with Gasteiger partial charge in [-0.1, -0.05) is 12.8 Å². The second kappa shape index (κ2) is 38.0. The Kier molecular flexibility index (Phi) is 28.5. The number of amides is 8. The predicted octanol–water partition coefficient (Wildman–Crippen LogP) is 3.21. The molecule has 34 nitrogen and oxygen atoms in total. The Morgan fingerprint density at radius 2 is 1.19 bits per heavy atom. The molecule has 2 aromatic heterocycles. The summed E-state index contributed by atoms with van der Waals surface area (Å²) < 4.78 is 46.0. The molecule has 8 heterocycles. The predicted molar refractivity (Wildman–Crippen MR) is 401 cm³/mol. The third-order valence-electron chi connectivity index (χ3n) is 18.7. The van der Waals surface area contributed by atoms with E-state index < -0.39 is 64.8 Å². The SMILES string of the molecule is Cc1c2c(nc3ccc(OC(=O)OC(C)(C)C)cc13)-c1cc3c(c(=O)n1C2)COC(=O)[C@@]3(C)OC(=O)[C@H](C)NC(=O)NCCOCCOCCNC(=O)Nc1cc(C(=O)NCCOCCNC(=O)CCCC[C@@H]2SC[C@@H]3NC(=N)N[C@@H]32)cc(C(=O)NCCOCCNC(=O)CCCC[C@@H]2SC[C@@H]3NC(=N)N[C@@H]32)c1. The van der Waals surface area contributed by atoms with Crippen LogP contribution >= 0.6 is 23.5 Å². The Balaban J connectivity index is 0.610. The maximum atomic E-state index is 14.2. The number of ether oxygens (including phenoxy) is 8. The minimum absolute atomic E-state index is 0.0227. The van der Waals surface area contributed by atoms with Crippen LogP contribution in [-0.4, -0.2) is 225 Å². The van der Waals surface area contributed by atoms with Gasteiger partial charge in [-0.2, -0.15) is 23.5 Å². The average molecular weight is 1540 g/mol. The molecule has 4 saturated heterocycles. The number of aryl methyl sites for hydroxylation is 1. The number of thioether (sulfide) groups is 2. The van der Waals surface area contributed by atoms with Crippen LogP contribution in [0.25, 0.3) is 22.3 Å². The normalized spacial score (nSPS) is 20.1. The summed E-state index contributed by atoms with van der Waals surface area (Å²) in [5.74, 6) is -0.232. The molecule has 4 aromatic rings. The first-order valence-corrected chi connectivity index (χ1v) is 38.5. The Hall–Kier alpha value is -9.49. The van der Waals surface area contributed by atoms with Crippen molar-refractivity contribution in [3.05, 3.63) is 86.2 Å². The fourth-order valence-electron chi connectivity index (χ4n) is 13.3. The molecule has 2 aromatic carbocycles. The second-order valence-electron chi connectivity index (χ2n) is 27.9. The average Bonchev–Trinajstić information content (AvgIpc) is 1.51. The molecule has 6 aliphatic rings. The molecule has 0 unspecified atom stereocenters. The summed E-state index contributed by atoms with van der Waals surface area (Å²) >= 11 is 3.79. The number of rotatable bonds is 38. The van der Waals surface area contributed by atoms with Crippen molar-refractivity contribution in [3.8, 4) is 17.1 Å². The van der Waals surface area contributed by atoms with Gasteiger partial charge in [-0.15, -0.1) is 0 Å². The third kappa shape index (κ3) is 22.1. The Morgan fingerprint density at radius 1 is 0.667 bits per heavy atom. The van der Waals surface area contributed by atoms with E-state index in [1.807, 2.05) is 30.4 Å². The number of benzene rings is 2. The van der Waals surface area contributed by atoms with Crippen LogP contribution in [-0.2, 0) is 71.1 Å². The molecule has 108 heavy (non-hydrogen) atoms. The number of carbonyl (C=O) groups excluding carboxylic acids is 9. The van der Waals surface area contributed by atoms with Gasteiger partial charge >= 0.3 is 30.2 Å². The molecule has 36 heteroatoms. The number of nitrogens with one attached hydrogen (secondary N) is 14. The van der Waals surface area contributed by atoms with E-state index in [1.54, 1.807) is 45.0 Å². The van der Waals surface area contributed by atoms with Crippen LogP contribution in [0.3, 0.4) is 0 Å². The molecule has 0 saturated carbocycles. The van der Waals surface area contributed by atoms with Crippen molar-refractivity contribution >= 4 is 106 Å². The van der Waals surface area contributed by atoms with E-state index in [0.29, 0.717) is 70.6 Å². The quantitative estimate of drug-likeness (QED) is 0.0117. The molecule has 0 spiro atoms. The first-order chi connectivity index (χ1) is 51.8. The van der Waals surface area contributed by atoms with E-state index in [1.165, 1.54) is 36.6 Å². The van der Waals surface area contributed by atoms with Crippen molar-refractivity contribution in [2.24, 2.45) is 0 Å². The van der Waals surface area contributed by atoms with E-state index in [4.69, 9.17) is 53.7 Å². The van der Waals surface area contributed by atoms with E-state index in [2.05, 4.69) is 63.8 Å². The molecule has 10 rings (SSSR count). The fraction of sp³-hybridized carbons (Fsp3) is 0.569. The largest absolute Gasteiger partial charge is 0.514 e. The lowest BCUT2D eigenvalue weighted by Gasteiger charge is -2.34. The lowest BCUT2D eigenvalue weighted by atomic mass is 9.89. The van der Waals surface area contributed by atoms with Crippen molar-refractivity contribution in [1.82, 2.24) is 68.0 Å². The number of unbranched alkanes of at least 4 members (excludes halogenated alkanes) is 2. The van der Waals surface area contributed by atoms with Crippen molar-refractivity contribution in [3.63, 3.8) is 0 Å². The van der Waals surface area contributed by atoms with Crippen LogP contribution in [0.4, 0.5) is 20.1 Å². The maximum Gasteiger partial charge on any atom is 0.514 e. The number of nitrogens with zero attached hydrogens (tertiary/aromatic N) is 2. The summed E-state index contributed by atoms with van der Waals surface area (Å²) in [4.78, 5) is 137. The molecule has 8 amide bonds. The van der Waals surface area contributed by atoms with Crippen LogP contribution in [0, 0.1) is 17.7 Å². The highest BCUT2D eigenvalue weighted by Gasteiger charge is 2.49. The van der Waals surface area contributed by atoms with Crippen molar-refractivity contribution in [2.45, 2.75) is 158 Å². The lowest BCUT2D eigenvalue weighted by Crippen LogP contribution is -2.50. The van der Waals surface area contributed by atoms with Gasteiger partial charge in [0.05, 0.1) is 106 Å². The van der Waals surface area contributed by atoms with Gasteiger partial charge in [-0.05, 0) is 115 Å². The molecular formula is C72H98N16O18S2. The number of fused-ring (bicyclic) bond motifs is 7. The van der Waals surface area contributed by atoms with Gasteiger partial charge in [0.2, 0.25) is 17.4 Å². The Bertz CT molecular complexity index is 3960. The van der Waals surface area contributed by atoms with Crippen molar-refractivity contribution in [2.75, 3.05) is 109 Å². The molecule has 0 radical (unpaired) electrons. The van der Waals surface area contributed by atoms with E-state index >= 15 is 0 Å². The summed E-state index contributed by atoms with van der Waals surface area (Å²) in [6, 6.07) is 9.13. The lowest BCUT2D eigenvalue weighted by molar-refractivity contribution is -0.187. The Labute approximate surface area is 633 Å². The number of hydrogen-bond acceptors (Lipinski definition) is 23. The van der Waals surface area contributed by atoms with E-state index in [0.717, 1.165) is 61.2 Å². The zero-order valence-electron chi connectivity index (χ0n) is 61.5. The first-order valence-electron chi connectivity index (χ1n) is 36.4. The summed E-state index contributed by atoms with van der Waals surface area (Å²) in [5, 5.41) is 51.6. The number of anilines is 1. The first kappa shape index (κ1) is 81.0. The van der Waals surface area contributed by atoms with Crippen molar-refractivity contribution < 1.29 is 81.0 Å². The molecule has 0 bridgehead atoms. The summed E-state index contributed by atoms with van der Waals surface area (Å²) in [6.07, 6.45) is 5.16. The molecule has 8 atom stereocenters. The van der Waals surface area contributed by atoms with Crippen LogP contribution in [0.2, 0.25) is 0 Å². The van der Waals surface area contributed by atoms with Gasteiger partial charge in [0.1, 0.15) is 24.0 Å². The number of pyridine rings is 2. The van der Waals surface area contributed by atoms with E-state index in [9.17, 15) is 47.9 Å². The highest BCUT2D eigenvalue weighted by molar-refractivity contribution is 8.00. The Morgan fingerprint density at radius 3 is 1.75 bits per heavy atom. The highest BCUT2D eigenvalue weighted by atomic mass is 32.2. The topological polar surface area (TPSA) is 454 Å². The van der Waals surface area contributed by atoms with Crippen LogP contribution in [0.5, 0.6) is 5.75 Å². The van der Waals surface area contributed by atoms with Crippen LogP contribution in [0.15, 0.2) is 47.3 Å². The van der Waals surface area contributed by atoms with Gasteiger partial charge in [0.25, 0.3) is 17.4 Å². The minimum atomic E-state index is -2.08. The molecular weight excluding hydrogens is 1440 g/mol. The number of aromatic nitrogens is 2. The maximum absolute atomic E-state index is 14.2. The molecule has 6 aliphatic heterocycles. The number of cyclic esters (lactones) is 1. The van der Waals surface area contributed by atoms with Gasteiger partial charge < -0.3 is 106 Å². The van der Waals surface area contributed by atoms with Gasteiger partial charge in [-0.3, -0.25) is 34.8 Å². The smallest absolute Gasteiger partial charge is 0.457 e. The number of hydrogen-bond donors (Lipinski definition) is 14. The zero-order valence-corrected chi connectivity index (χ0v) is 63.2. The van der Waals surface area contributed by atoms with Crippen LogP contribution < -0.4 is 74.1 Å². The summed E-state index contributed by atoms with van der Waals surface area (Å²) in [5.41, 5.74) is 0.0806. The van der Waals surface area contributed by atoms with E-state index in [-0.39, 0.29) is 162 Å². The standard InChI is InChI=1S/C72H98N16O18S2/c1-40-46-34-45(104-70(98)106-71(3,4)5)15-16-50(46)83-58-47(40)36-88-53(58)35-49-48(63(88)93)37-103-65(95)72(49,6)105-64(94)41(2)81-68(96)79-21-27-101-29-30-102-28-22-80-69(97)82-44-32-42(61(91)77-19-25-99-23-17-75-56(89)13-9-7-11-54-59-51(38-107-54)84-66(73)86-59)31-43(33-44)62(92)78-20-26-100-24-18-76-57(90)14-10-8-12-55-60-52(39-108-55)85-67(74)87-60/h15-16,31-35,41,51-52,54-55,59-60H,7-14,17-30,36-39H2,1-6H3,(H,75,89)(H,76,90)(H,77,91)(H,78,92)(H3,73,84,86)(H3,74,85,87)(H2,79,81,96)(H2,80,82,97)/t41-,51-,52-,54-,55-,59-,60-,72-/m0/s1. The van der Waals surface area contributed by atoms with Gasteiger partial charge in [0, 0.05) is 107 Å². The zero-order chi connectivity index (χ0) is 77.1. The van der Waals surface area contributed by atoms with Crippen LogP contribution in [0.1, 0.15) is 129 Å².